The van der Waals surface area contributed by atoms with Crippen LogP contribution < -0.4 is 5.32 Å². The van der Waals surface area contributed by atoms with Gasteiger partial charge in [0.2, 0.25) is 0 Å². The van der Waals surface area contributed by atoms with Crippen LogP contribution in [0.15, 0.2) is 34.4 Å². The summed E-state index contributed by atoms with van der Waals surface area (Å²) < 4.78 is 0. The Labute approximate surface area is 112 Å². The molecule has 0 radical (unpaired) electrons. The molecule has 0 aliphatic heterocycles. The van der Waals surface area contributed by atoms with Gasteiger partial charge in [-0.3, -0.25) is 0 Å². The molecule has 0 saturated heterocycles. The summed E-state index contributed by atoms with van der Waals surface area (Å²) in [5, 5.41) is 4.08. The maximum absolute atomic E-state index is 4.35. The van der Waals surface area contributed by atoms with Crippen molar-refractivity contribution in [3.8, 4) is 0 Å². The van der Waals surface area contributed by atoms with Gasteiger partial charge in [-0.15, -0.1) is 0 Å². The smallest absolute Gasteiger partial charge is 0.133 e. The lowest BCUT2D eigenvalue weighted by atomic mass is 10.1. The van der Waals surface area contributed by atoms with E-state index in [9.17, 15) is 0 Å². The predicted octanol–water partition coefficient (Wildman–Crippen LogP) is 3.59. The van der Waals surface area contributed by atoms with Crippen LogP contribution in [0, 0.1) is 20.8 Å². The number of hydrogen-bond acceptors (Lipinski definition) is 4. The molecule has 1 heterocycles. The van der Waals surface area contributed by atoms with Gasteiger partial charge in [0.25, 0.3) is 0 Å². The molecular formula is C14H17N3S. The molecule has 2 rings (SSSR count). The van der Waals surface area contributed by atoms with Crippen molar-refractivity contribution in [1.29, 1.82) is 0 Å². The summed E-state index contributed by atoms with van der Waals surface area (Å²) >= 11 is 1.68. The fourth-order valence-corrected chi connectivity index (χ4v) is 2.62. The van der Waals surface area contributed by atoms with Crippen LogP contribution in [0.25, 0.3) is 0 Å². The van der Waals surface area contributed by atoms with Crippen LogP contribution in [0.3, 0.4) is 0 Å². The zero-order valence-electron chi connectivity index (χ0n) is 11.1. The number of benzene rings is 1. The van der Waals surface area contributed by atoms with Gasteiger partial charge in [-0.2, -0.15) is 0 Å². The zero-order valence-corrected chi connectivity index (χ0v) is 11.9. The van der Waals surface area contributed by atoms with Gasteiger partial charge < -0.3 is 5.32 Å². The first kappa shape index (κ1) is 12.9. The zero-order chi connectivity index (χ0) is 13.1. The van der Waals surface area contributed by atoms with E-state index < -0.39 is 0 Å². The van der Waals surface area contributed by atoms with Crippen LogP contribution >= 0.6 is 11.8 Å². The second-order valence-corrected chi connectivity index (χ2v) is 5.31. The maximum atomic E-state index is 4.35. The molecule has 0 bridgehead atoms. The molecule has 0 aliphatic rings. The Hall–Kier alpha value is -1.55. The van der Waals surface area contributed by atoms with Gasteiger partial charge in [0, 0.05) is 17.5 Å². The molecule has 1 N–H and O–H groups in total. The van der Waals surface area contributed by atoms with Gasteiger partial charge in [-0.25, -0.2) is 9.97 Å². The molecule has 1 aromatic heterocycles. The van der Waals surface area contributed by atoms with Crippen molar-refractivity contribution >= 4 is 17.6 Å². The lowest BCUT2D eigenvalue weighted by molar-refractivity contribution is 1.00. The van der Waals surface area contributed by atoms with Crippen molar-refractivity contribution in [2.45, 2.75) is 30.7 Å². The fourth-order valence-electron chi connectivity index (χ4n) is 1.68. The fraction of sp³-hybridized carbons (Fsp3) is 0.286. The van der Waals surface area contributed by atoms with Crippen LogP contribution in [0.2, 0.25) is 0 Å². The molecule has 1 aromatic carbocycles. The van der Waals surface area contributed by atoms with E-state index in [1.807, 2.05) is 14.0 Å². The number of aromatic nitrogens is 2. The van der Waals surface area contributed by atoms with Gasteiger partial charge in [0.05, 0.1) is 0 Å². The Bertz CT molecular complexity index is 567. The number of anilines is 1. The lowest BCUT2D eigenvalue weighted by Crippen LogP contribution is -1.98. The third-order valence-corrected chi connectivity index (χ3v) is 4.06. The molecule has 4 heteroatoms. The second kappa shape index (κ2) is 5.40. The van der Waals surface area contributed by atoms with Crippen LogP contribution in [0.5, 0.6) is 0 Å². The van der Waals surface area contributed by atoms with E-state index >= 15 is 0 Å². The minimum atomic E-state index is 0.885. The number of aryl methyl sites for hydroxylation is 2. The van der Waals surface area contributed by atoms with Crippen molar-refractivity contribution in [1.82, 2.24) is 9.97 Å². The average molecular weight is 259 g/mol. The van der Waals surface area contributed by atoms with Crippen molar-refractivity contribution in [2.75, 3.05) is 12.4 Å². The van der Waals surface area contributed by atoms with E-state index in [0.717, 1.165) is 16.4 Å². The third-order valence-electron chi connectivity index (χ3n) is 2.97. The van der Waals surface area contributed by atoms with Crippen molar-refractivity contribution < 1.29 is 0 Å². The molecule has 2 aromatic rings. The van der Waals surface area contributed by atoms with E-state index in [0.29, 0.717) is 0 Å². The summed E-state index contributed by atoms with van der Waals surface area (Å²) in [6.07, 6.45) is 1.60. The van der Waals surface area contributed by atoms with E-state index in [4.69, 9.17) is 0 Å². The molecule has 0 unspecified atom stereocenters. The highest BCUT2D eigenvalue weighted by atomic mass is 32.2. The minimum absolute atomic E-state index is 0.885. The summed E-state index contributed by atoms with van der Waals surface area (Å²) in [5.74, 6) is 0.885. The normalized spacial score (nSPS) is 10.4. The SMILES string of the molecule is CNc1ncnc(Sc2ccc(C)c(C)c2)c1C. The molecule has 0 atom stereocenters. The van der Waals surface area contributed by atoms with Crippen molar-refractivity contribution in [2.24, 2.45) is 0 Å². The van der Waals surface area contributed by atoms with Gasteiger partial charge in [0.15, 0.2) is 0 Å². The summed E-state index contributed by atoms with van der Waals surface area (Å²) in [5.41, 5.74) is 3.71. The summed E-state index contributed by atoms with van der Waals surface area (Å²) in [4.78, 5) is 9.75. The number of nitrogens with zero attached hydrogens (tertiary/aromatic N) is 2. The summed E-state index contributed by atoms with van der Waals surface area (Å²) in [6, 6.07) is 6.47. The molecule has 0 aliphatic carbocycles. The second-order valence-electron chi connectivity index (χ2n) is 4.25. The molecule has 0 saturated carbocycles. The first-order valence-corrected chi connectivity index (χ1v) is 6.68. The molecule has 18 heavy (non-hydrogen) atoms. The molecular weight excluding hydrogens is 242 g/mol. The number of hydrogen-bond donors (Lipinski definition) is 1. The molecule has 94 valence electrons. The Balaban J connectivity index is 2.31. The van der Waals surface area contributed by atoms with E-state index in [1.54, 1.807) is 18.1 Å². The topological polar surface area (TPSA) is 37.8 Å². The van der Waals surface area contributed by atoms with Gasteiger partial charge in [-0.1, -0.05) is 17.8 Å². The van der Waals surface area contributed by atoms with Crippen LogP contribution in [0.4, 0.5) is 5.82 Å². The lowest BCUT2D eigenvalue weighted by Gasteiger charge is -2.09. The maximum Gasteiger partial charge on any atom is 0.133 e. The van der Waals surface area contributed by atoms with Crippen LogP contribution in [-0.4, -0.2) is 17.0 Å². The van der Waals surface area contributed by atoms with Crippen molar-refractivity contribution in [3.63, 3.8) is 0 Å². The highest BCUT2D eigenvalue weighted by Gasteiger charge is 2.07. The van der Waals surface area contributed by atoms with Crippen molar-refractivity contribution in [3.05, 3.63) is 41.2 Å². The highest BCUT2D eigenvalue weighted by Crippen LogP contribution is 2.31. The van der Waals surface area contributed by atoms with Gasteiger partial charge in [-0.05, 0) is 44.0 Å². The number of rotatable bonds is 3. The van der Waals surface area contributed by atoms with E-state index in [2.05, 4.69) is 47.3 Å². The predicted molar refractivity (Wildman–Crippen MR) is 76.4 cm³/mol. The van der Waals surface area contributed by atoms with Gasteiger partial charge in [0.1, 0.15) is 17.2 Å². The Morgan fingerprint density at radius 3 is 2.50 bits per heavy atom. The standard InChI is InChI=1S/C14H17N3S/c1-9-5-6-12(7-10(9)2)18-14-11(3)13(15-4)16-8-17-14/h5-8H,1-4H3,(H,15,16,17). The Morgan fingerprint density at radius 2 is 1.83 bits per heavy atom. The Morgan fingerprint density at radius 1 is 1.06 bits per heavy atom. The van der Waals surface area contributed by atoms with Crippen LogP contribution in [0.1, 0.15) is 16.7 Å². The molecule has 3 nitrogen and oxygen atoms in total. The third kappa shape index (κ3) is 2.64. The molecule has 0 amide bonds. The summed E-state index contributed by atoms with van der Waals surface area (Å²) in [7, 11) is 1.87. The van der Waals surface area contributed by atoms with E-state index in [1.165, 1.54) is 16.0 Å². The summed E-state index contributed by atoms with van der Waals surface area (Å²) in [6.45, 7) is 6.29. The first-order valence-electron chi connectivity index (χ1n) is 5.86. The largest absolute Gasteiger partial charge is 0.373 e. The van der Waals surface area contributed by atoms with Crippen LogP contribution in [-0.2, 0) is 0 Å². The Kier molecular flexibility index (Phi) is 3.87. The van der Waals surface area contributed by atoms with E-state index in [-0.39, 0.29) is 0 Å². The minimum Gasteiger partial charge on any atom is -0.373 e. The molecule has 0 spiro atoms. The first-order chi connectivity index (χ1) is 8.61. The highest BCUT2D eigenvalue weighted by molar-refractivity contribution is 7.99. The quantitative estimate of drug-likeness (QED) is 0.855. The number of nitrogens with one attached hydrogen (secondary N) is 1. The monoisotopic (exact) mass is 259 g/mol. The van der Waals surface area contributed by atoms with Gasteiger partial charge >= 0.3 is 0 Å². The average Bonchev–Trinajstić information content (AvgIpc) is 2.36. The molecule has 0 fully saturated rings.